The SMILES string of the molecule is CC(C)Oc1ncccc1CNC1CCCN(C)CC1. The van der Waals surface area contributed by atoms with E-state index >= 15 is 0 Å². The summed E-state index contributed by atoms with van der Waals surface area (Å²) in [5.74, 6) is 0.765. The van der Waals surface area contributed by atoms with Crippen molar-refractivity contribution in [2.24, 2.45) is 0 Å². The molecule has 1 unspecified atom stereocenters. The van der Waals surface area contributed by atoms with Gasteiger partial charge in [0.2, 0.25) is 5.88 Å². The van der Waals surface area contributed by atoms with Gasteiger partial charge in [-0.05, 0) is 59.3 Å². The van der Waals surface area contributed by atoms with Crippen molar-refractivity contribution < 1.29 is 4.74 Å². The standard InChI is InChI=1S/C16H27N3O/c1-13(2)20-16-14(6-4-9-17-16)12-18-15-7-5-10-19(3)11-8-15/h4,6,9,13,15,18H,5,7-8,10-12H2,1-3H3. The van der Waals surface area contributed by atoms with Gasteiger partial charge in [-0.25, -0.2) is 4.98 Å². The molecule has 1 aliphatic heterocycles. The lowest BCUT2D eigenvalue weighted by molar-refractivity contribution is 0.229. The zero-order valence-electron chi connectivity index (χ0n) is 12.9. The lowest BCUT2D eigenvalue weighted by Crippen LogP contribution is -2.30. The summed E-state index contributed by atoms with van der Waals surface area (Å²) in [6.07, 6.45) is 5.70. The maximum absolute atomic E-state index is 5.77. The summed E-state index contributed by atoms with van der Waals surface area (Å²) in [6, 6.07) is 4.68. The van der Waals surface area contributed by atoms with Crippen LogP contribution in [0.15, 0.2) is 18.3 Å². The first-order valence-corrected chi connectivity index (χ1v) is 7.67. The van der Waals surface area contributed by atoms with E-state index in [-0.39, 0.29) is 6.10 Å². The Kier molecular flexibility index (Phi) is 5.80. The smallest absolute Gasteiger partial charge is 0.218 e. The van der Waals surface area contributed by atoms with Crippen molar-refractivity contribution in [3.05, 3.63) is 23.9 Å². The maximum atomic E-state index is 5.77. The van der Waals surface area contributed by atoms with E-state index in [9.17, 15) is 0 Å². The topological polar surface area (TPSA) is 37.4 Å². The van der Waals surface area contributed by atoms with Crippen LogP contribution < -0.4 is 10.1 Å². The van der Waals surface area contributed by atoms with Gasteiger partial charge in [0.25, 0.3) is 0 Å². The second-order valence-corrected chi connectivity index (χ2v) is 5.95. The molecule has 0 aromatic carbocycles. The molecule has 20 heavy (non-hydrogen) atoms. The van der Waals surface area contributed by atoms with E-state index in [1.807, 2.05) is 19.9 Å². The number of ether oxygens (including phenoxy) is 1. The Morgan fingerprint density at radius 2 is 2.25 bits per heavy atom. The minimum Gasteiger partial charge on any atom is -0.475 e. The Balaban J connectivity index is 1.90. The lowest BCUT2D eigenvalue weighted by Gasteiger charge is -2.18. The molecule has 2 rings (SSSR count). The van der Waals surface area contributed by atoms with E-state index in [4.69, 9.17) is 4.74 Å². The van der Waals surface area contributed by atoms with Crippen LogP contribution in [0.1, 0.15) is 38.7 Å². The fourth-order valence-corrected chi connectivity index (χ4v) is 2.59. The molecule has 0 aliphatic carbocycles. The number of aromatic nitrogens is 1. The van der Waals surface area contributed by atoms with Crippen LogP contribution in [0.25, 0.3) is 0 Å². The normalized spacial score (nSPS) is 20.9. The highest BCUT2D eigenvalue weighted by molar-refractivity contribution is 5.25. The van der Waals surface area contributed by atoms with Crippen LogP contribution in [0, 0.1) is 0 Å². The van der Waals surface area contributed by atoms with Crippen molar-refractivity contribution in [1.29, 1.82) is 0 Å². The van der Waals surface area contributed by atoms with Crippen molar-refractivity contribution in [2.45, 2.75) is 51.8 Å². The minimum atomic E-state index is 0.162. The third kappa shape index (κ3) is 4.76. The average Bonchev–Trinajstić information content (AvgIpc) is 2.62. The quantitative estimate of drug-likeness (QED) is 0.897. The summed E-state index contributed by atoms with van der Waals surface area (Å²) in [5.41, 5.74) is 1.15. The van der Waals surface area contributed by atoms with Crippen LogP contribution in [0.4, 0.5) is 0 Å². The fraction of sp³-hybridized carbons (Fsp3) is 0.688. The van der Waals surface area contributed by atoms with Crippen molar-refractivity contribution >= 4 is 0 Å². The molecule has 1 atom stereocenters. The summed E-state index contributed by atoms with van der Waals surface area (Å²) < 4.78 is 5.77. The lowest BCUT2D eigenvalue weighted by atomic mass is 10.1. The zero-order chi connectivity index (χ0) is 14.4. The van der Waals surface area contributed by atoms with Crippen LogP contribution in [-0.2, 0) is 6.54 Å². The largest absolute Gasteiger partial charge is 0.475 e. The van der Waals surface area contributed by atoms with Gasteiger partial charge in [0.1, 0.15) is 0 Å². The Bertz CT molecular complexity index is 408. The first kappa shape index (κ1) is 15.3. The van der Waals surface area contributed by atoms with E-state index in [1.165, 1.54) is 32.4 Å². The highest BCUT2D eigenvalue weighted by Gasteiger charge is 2.15. The van der Waals surface area contributed by atoms with E-state index < -0.39 is 0 Å². The van der Waals surface area contributed by atoms with Gasteiger partial charge in [0.15, 0.2) is 0 Å². The first-order valence-electron chi connectivity index (χ1n) is 7.67. The molecule has 1 aliphatic rings. The number of hydrogen-bond acceptors (Lipinski definition) is 4. The van der Waals surface area contributed by atoms with Crippen LogP contribution in [-0.4, -0.2) is 42.2 Å². The number of rotatable bonds is 5. The second-order valence-electron chi connectivity index (χ2n) is 5.95. The van der Waals surface area contributed by atoms with Crippen molar-refractivity contribution in [3.63, 3.8) is 0 Å². The number of nitrogens with zero attached hydrogens (tertiary/aromatic N) is 2. The Morgan fingerprint density at radius 3 is 3.05 bits per heavy atom. The second kappa shape index (κ2) is 7.60. The summed E-state index contributed by atoms with van der Waals surface area (Å²) in [5, 5.41) is 3.67. The van der Waals surface area contributed by atoms with Crippen LogP contribution in [0.5, 0.6) is 5.88 Å². The molecule has 4 nitrogen and oxygen atoms in total. The molecule has 0 bridgehead atoms. The predicted molar refractivity (Wildman–Crippen MR) is 82.0 cm³/mol. The molecule has 1 fully saturated rings. The van der Waals surface area contributed by atoms with E-state index in [0.717, 1.165) is 18.0 Å². The van der Waals surface area contributed by atoms with Gasteiger partial charge in [-0.3, -0.25) is 0 Å². The van der Waals surface area contributed by atoms with Gasteiger partial charge in [0, 0.05) is 24.3 Å². The summed E-state index contributed by atoms with van der Waals surface area (Å²) >= 11 is 0. The monoisotopic (exact) mass is 277 g/mol. The van der Waals surface area contributed by atoms with Crippen LogP contribution >= 0.6 is 0 Å². The predicted octanol–water partition coefficient (Wildman–Crippen LogP) is 2.44. The van der Waals surface area contributed by atoms with Gasteiger partial charge in [-0.2, -0.15) is 0 Å². The number of nitrogens with one attached hydrogen (secondary N) is 1. The van der Waals surface area contributed by atoms with Gasteiger partial charge >= 0.3 is 0 Å². The molecule has 112 valence electrons. The first-order chi connectivity index (χ1) is 9.65. The highest BCUT2D eigenvalue weighted by Crippen LogP contribution is 2.17. The minimum absolute atomic E-state index is 0.162. The molecule has 0 amide bonds. The molecule has 1 saturated heterocycles. The van der Waals surface area contributed by atoms with E-state index in [0.29, 0.717) is 6.04 Å². The molecular formula is C16H27N3O. The Morgan fingerprint density at radius 1 is 1.40 bits per heavy atom. The molecule has 1 aromatic rings. The van der Waals surface area contributed by atoms with Gasteiger partial charge in [0.05, 0.1) is 6.10 Å². The molecule has 0 saturated carbocycles. The number of pyridine rings is 1. The highest BCUT2D eigenvalue weighted by atomic mass is 16.5. The average molecular weight is 277 g/mol. The summed E-state index contributed by atoms with van der Waals surface area (Å²) in [4.78, 5) is 6.76. The third-order valence-corrected chi connectivity index (χ3v) is 3.73. The zero-order valence-corrected chi connectivity index (χ0v) is 12.9. The van der Waals surface area contributed by atoms with Crippen molar-refractivity contribution in [3.8, 4) is 5.88 Å². The molecule has 2 heterocycles. The van der Waals surface area contributed by atoms with Crippen LogP contribution in [0.2, 0.25) is 0 Å². The molecular weight excluding hydrogens is 250 g/mol. The summed E-state index contributed by atoms with van der Waals surface area (Å²) in [6.45, 7) is 7.30. The fourth-order valence-electron chi connectivity index (χ4n) is 2.59. The Labute approximate surface area is 122 Å². The van der Waals surface area contributed by atoms with Gasteiger partial charge in [-0.1, -0.05) is 6.07 Å². The molecule has 0 spiro atoms. The maximum Gasteiger partial charge on any atom is 0.218 e. The van der Waals surface area contributed by atoms with Gasteiger partial charge in [-0.15, -0.1) is 0 Å². The third-order valence-electron chi connectivity index (χ3n) is 3.73. The molecule has 4 heteroatoms. The molecule has 0 radical (unpaired) electrons. The summed E-state index contributed by atoms with van der Waals surface area (Å²) in [7, 11) is 2.21. The number of hydrogen-bond donors (Lipinski definition) is 1. The number of likely N-dealkylation sites (tertiary alicyclic amines) is 1. The molecule has 1 N–H and O–H groups in total. The molecule has 1 aromatic heterocycles. The van der Waals surface area contributed by atoms with E-state index in [1.54, 1.807) is 6.20 Å². The van der Waals surface area contributed by atoms with E-state index in [2.05, 4.69) is 28.3 Å². The van der Waals surface area contributed by atoms with Crippen molar-refractivity contribution in [2.75, 3.05) is 20.1 Å². The van der Waals surface area contributed by atoms with Crippen molar-refractivity contribution in [1.82, 2.24) is 15.2 Å². The Hall–Kier alpha value is -1.13. The van der Waals surface area contributed by atoms with Gasteiger partial charge < -0.3 is 15.0 Å². The van der Waals surface area contributed by atoms with Crippen LogP contribution in [0.3, 0.4) is 0 Å².